The zero-order valence-electron chi connectivity index (χ0n) is 10.8. The number of hydrogen-bond donors (Lipinski definition) is 1. The molecule has 3 heteroatoms. The Morgan fingerprint density at radius 1 is 1.47 bits per heavy atom. The molecule has 1 aromatic carbocycles. The van der Waals surface area contributed by atoms with Crippen molar-refractivity contribution in [3.63, 3.8) is 0 Å². The van der Waals surface area contributed by atoms with Crippen LogP contribution in [0.3, 0.4) is 0 Å². The van der Waals surface area contributed by atoms with Crippen LogP contribution in [0.1, 0.15) is 31.4 Å². The van der Waals surface area contributed by atoms with E-state index in [-0.39, 0.29) is 0 Å². The summed E-state index contributed by atoms with van der Waals surface area (Å²) >= 11 is 0. The molecule has 3 nitrogen and oxygen atoms in total. The van der Waals surface area contributed by atoms with E-state index in [1.165, 1.54) is 0 Å². The number of ether oxygens (including phenoxy) is 1. The molecule has 0 bridgehead atoms. The van der Waals surface area contributed by atoms with E-state index in [1.807, 2.05) is 25.1 Å². The van der Waals surface area contributed by atoms with E-state index in [9.17, 15) is 0 Å². The fourth-order valence-corrected chi connectivity index (χ4v) is 1.62. The minimum Gasteiger partial charge on any atom is -0.475 e. The molecule has 0 fully saturated rings. The van der Waals surface area contributed by atoms with Crippen LogP contribution in [0.15, 0.2) is 18.2 Å². The minimum absolute atomic E-state index is 0.416. The van der Waals surface area contributed by atoms with E-state index < -0.39 is 6.10 Å². The molecule has 1 unspecified atom stereocenters. The molecule has 0 radical (unpaired) electrons. The van der Waals surface area contributed by atoms with Crippen LogP contribution in [-0.2, 0) is 6.54 Å². The number of para-hydroxylation sites is 1. The van der Waals surface area contributed by atoms with Crippen LogP contribution < -0.4 is 10.1 Å². The molecule has 92 valence electrons. The molecule has 0 spiro atoms. The molecule has 0 amide bonds. The Hall–Kier alpha value is -1.53. The first-order valence-corrected chi connectivity index (χ1v) is 6.04. The van der Waals surface area contributed by atoms with Gasteiger partial charge in [-0.15, -0.1) is 0 Å². The summed E-state index contributed by atoms with van der Waals surface area (Å²) in [6, 6.07) is 8.15. The van der Waals surface area contributed by atoms with Crippen LogP contribution in [0.2, 0.25) is 0 Å². The molecule has 1 rings (SSSR count). The summed E-state index contributed by atoms with van der Waals surface area (Å²) < 4.78 is 5.65. The maximum Gasteiger partial charge on any atom is 0.181 e. The molecule has 0 aliphatic heterocycles. The van der Waals surface area contributed by atoms with Gasteiger partial charge in [-0.1, -0.05) is 25.1 Å². The first-order valence-electron chi connectivity index (χ1n) is 6.04. The average Bonchev–Trinajstić information content (AvgIpc) is 2.33. The normalized spacial score (nSPS) is 11.9. The Kier molecular flexibility index (Phi) is 5.51. The molecule has 17 heavy (non-hydrogen) atoms. The quantitative estimate of drug-likeness (QED) is 0.767. The van der Waals surface area contributed by atoms with Crippen molar-refractivity contribution in [3.05, 3.63) is 29.3 Å². The minimum atomic E-state index is -0.416. The van der Waals surface area contributed by atoms with E-state index in [2.05, 4.69) is 18.3 Å². The van der Waals surface area contributed by atoms with E-state index in [1.54, 1.807) is 6.92 Å². The van der Waals surface area contributed by atoms with Gasteiger partial charge in [0.05, 0.1) is 0 Å². The summed E-state index contributed by atoms with van der Waals surface area (Å²) in [6.45, 7) is 7.67. The molecule has 0 aliphatic rings. The van der Waals surface area contributed by atoms with Crippen molar-refractivity contribution in [2.24, 2.45) is 0 Å². The van der Waals surface area contributed by atoms with Crippen LogP contribution in [0.4, 0.5) is 0 Å². The van der Waals surface area contributed by atoms with Gasteiger partial charge in [-0.25, -0.2) is 0 Å². The van der Waals surface area contributed by atoms with Crippen molar-refractivity contribution in [2.45, 2.75) is 39.8 Å². The molecule has 1 aromatic rings. The van der Waals surface area contributed by atoms with Gasteiger partial charge in [-0.3, -0.25) is 0 Å². The topological polar surface area (TPSA) is 45.0 Å². The highest BCUT2D eigenvalue weighted by Gasteiger charge is 2.09. The summed E-state index contributed by atoms with van der Waals surface area (Å²) in [6.07, 6.45) is 0.692. The molecule has 1 atom stereocenters. The monoisotopic (exact) mass is 232 g/mol. The van der Waals surface area contributed by atoms with Crippen molar-refractivity contribution in [1.29, 1.82) is 5.26 Å². The molecule has 0 aromatic heterocycles. The molecule has 1 N–H and O–H groups in total. The van der Waals surface area contributed by atoms with Crippen molar-refractivity contribution < 1.29 is 4.74 Å². The van der Waals surface area contributed by atoms with Crippen LogP contribution in [-0.4, -0.2) is 12.6 Å². The second kappa shape index (κ2) is 6.93. The number of hydrogen-bond acceptors (Lipinski definition) is 3. The number of aryl methyl sites for hydroxylation is 1. The highest BCUT2D eigenvalue weighted by molar-refractivity contribution is 5.41. The summed E-state index contributed by atoms with van der Waals surface area (Å²) in [4.78, 5) is 0. The van der Waals surface area contributed by atoms with Gasteiger partial charge in [-0.2, -0.15) is 5.26 Å². The first kappa shape index (κ1) is 13.5. The Morgan fingerprint density at radius 3 is 2.88 bits per heavy atom. The zero-order valence-corrected chi connectivity index (χ0v) is 10.8. The highest BCUT2D eigenvalue weighted by Crippen LogP contribution is 2.24. The summed E-state index contributed by atoms with van der Waals surface area (Å²) in [5.41, 5.74) is 2.18. The Balaban J connectivity index is 2.81. The predicted molar refractivity (Wildman–Crippen MR) is 68.9 cm³/mol. The number of rotatable bonds is 6. The van der Waals surface area contributed by atoms with Crippen molar-refractivity contribution in [1.82, 2.24) is 5.32 Å². The zero-order chi connectivity index (χ0) is 12.7. The second-order valence-electron chi connectivity index (χ2n) is 4.13. The number of benzene rings is 1. The predicted octanol–water partition coefficient (Wildman–Crippen LogP) is 2.79. The lowest BCUT2D eigenvalue weighted by atomic mass is 10.1. The molecule has 0 saturated heterocycles. The molecular weight excluding hydrogens is 212 g/mol. The molecular formula is C14H20N2O. The average molecular weight is 232 g/mol. The van der Waals surface area contributed by atoms with E-state index >= 15 is 0 Å². The Bertz CT molecular complexity index is 396. The lowest BCUT2D eigenvalue weighted by molar-refractivity contribution is 0.271. The largest absolute Gasteiger partial charge is 0.475 e. The summed E-state index contributed by atoms with van der Waals surface area (Å²) in [5, 5.41) is 12.1. The van der Waals surface area contributed by atoms with Gasteiger partial charge >= 0.3 is 0 Å². The lowest BCUT2D eigenvalue weighted by Crippen LogP contribution is -2.17. The van der Waals surface area contributed by atoms with Crippen molar-refractivity contribution >= 4 is 0 Å². The van der Waals surface area contributed by atoms with Gasteiger partial charge in [0.25, 0.3) is 0 Å². The number of nitrogens with zero attached hydrogens (tertiary/aromatic N) is 1. The number of nitriles is 1. The van der Waals surface area contributed by atoms with Gasteiger partial charge in [0.2, 0.25) is 0 Å². The fraction of sp³-hybridized carbons (Fsp3) is 0.500. The van der Waals surface area contributed by atoms with Gasteiger partial charge in [0.1, 0.15) is 11.8 Å². The lowest BCUT2D eigenvalue weighted by Gasteiger charge is -2.15. The van der Waals surface area contributed by atoms with Gasteiger partial charge in [0.15, 0.2) is 6.10 Å². The van der Waals surface area contributed by atoms with Crippen molar-refractivity contribution in [3.8, 4) is 11.8 Å². The molecule has 0 saturated carbocycles. The standard InChI is InChI=1S/C14H20N2O/c1-4-8-16-10-13-7-5-6-11(2)14(13)17-12(3)9-15/h5-7,12,16H,4,8,10H2,1-3H3. The van der Waals surface area contributed by atoms with Crippen LogP contribution in [0, 0.1) is 18.3 Å². The number of nitrogens with one attached hydrogen (secondary N) is 1. The Morgan fingerprint density at radius 2 is 2.24 bits per heavy atom. The third kappa shape index (κ3) is 4.08. The van der Waals surface area contributed by atoms with E-state index in [4.69, 9.17) is 10.00 Å². The van der Waals surface area contributed by atoms with E-state index in [0.29, 0.717) is 0 Å². The maximum absolute atomic E-state index is 8.80. The van der Waals surface area contributed by atoms with E-state index in [0.717, 1.165) is 36.4 Å². The molecule has 0 aliphatic carbocycles. The van der Waals surface area contributed by atoms with Crippen LogP contribution in [0.5, 0.6) is 5.75 Å². The maximum atomic E-state index is 8.80. The molecule has 0 heterocycles. The third-order valence-corrected chi connectivity index (χ3v) is 2.51. The third-order valence-electron chi connectivity index (χ3n) is 2.51. The second-order valence-corrected chi connectivity index (χ2v) is 4.13. The van der Waals surface area contributed by atoms with Crippen LogP contribution >= 0.6 is 0 Å². The highest BCUT2D eigenvalue weighted by atomic mass is 16.5. The smallest absolute Gasteiger partial charge is 0.181 e. The SMILES string of the molecule is CCCNCc1cccc(C)c1OC(C)C#N. The van der Waals surface area contributed by atoms with Gasteiger partial charge in [-0.05, 0) is 32.4 Å². The Labute approximate surface area is 103 Å². The van der Waals surface area contributed by atoms with Crippen LogP contribution in [0.25, 0.3) is 0 Å². The summed E-state index contributed by atoms with van der Waals surface area (Å²) in [7, 11) is 0. The van der Waals surface area contributed by atoms with Crippen molar-refractivity contribution in [2.75, 3.05) is 6.54 Å². The fourth-order valence-electron chi connectivity index (χ4n) is 1.62. The summed E-state index contributed by atoms with van der Waals surface area (Å²) in [5.74, 6) is 0.838. The van der Waals surface area contributed by atoms with Gasteiger partial charge < -0.3 is 10.1 Å². The first-order chi connectivity index (χ1) is 8.19. The van der Waals surface area contributed by atoms with Gasteiger partial charge in [0, 0.05) is 12.1 Å².